The lowest BCUT2D eigenvalue weighted by Gasteiger charge is -2.25. The molecule has 158 valence electrons. The summed E-state index contributed by atoms with van der Waals surface area (Å²) in [6.45, 7) is 10.0. The summed E-state index contributed by atoms with van der Waals surface area (Å²) in [5.74, 6) is 1.32. The molecule has 1 aromatic rings. The van der Waals surface area contributed by atoms with Crippen LogP contribution >= 0.6 is 0 Å². The fourth-order valence-corrected chi connectivity index (χ4v) is 4.85. The predicted octanol–water partition coefficient (Wildman–Crippen LogP) is 2.44. The molecule has 6 nitrogen and oxygen atoms in total. The molecule has 1 aromatic carbocycles. The predicted molar refractivity (Wildman–Crippen MR) is 117 cm³/mol. The molecule has 3 aliphatic heterocycles. The van der Waals surface area contributed by atoms with Crippen molar-refractivity contribution >= 4 is 11.9 Å². The van der Waals surface area contributed by atoms with Crippen LogP contribution in [0.4, 0.5) is 0 Å². The average Bonchev–Trinajstić information content (AvgIpc) is 3.48. The van der Waals surface area contributed by atoms with Crippen molar-refractivity contribution in [3.8, 4) is 0 Å². The molecule has 1 unspecified atom stereocenters. The zero-order valence-corrected chi connectivity index (χ0v) is 17.8. The van der Waals surface area contributed by atoms with E-state index in [2.05, 4.69) is 46.3 Å². The second kappa shape index (κ2) is 9.61. The highest BCUT2D eigenvalue weighted by atomic mass is 16.2. The van der Waals surface area contributed by atoms with Gasteiger partial charge in [0, 0.05) is 45.2 Å². The number of carbonyl (C=O) groups is 1. The Labute approximate surface area is 175 Å². The minimum absolute atomic E-state index is 0.282. The van der Waals surface area contributed by atoms with Gasteiger partial charge in [0.25, 0.3) is 0 Å². The van der Waals surface area contributed by atoms with Crippen molar-refractivity contribution in [3.63, 3.8) is 0 Å². The van der Waals surface area contributed by atoms with Crippen molar-refractivity contribution in [2.45, 2.75) is 58.2 Å². The summed E-state index contributed by atoms with van der Waals surface area (Å²) in [6, 6.07) is 9.23. The third-order valence-electron chi connectivity index (χ3n) is 6.40. The van der Waals surface area contributed by atoms with Crippen LogP contribution in [-0.4, -0.2) is 71.9 Å². The summed E-state index contributed by atoms with van der Waals surface area (Å²) in [5.41, 5.74) is 2.41. The van der Waals surface area contributed by atoms with Gasteiger partial charge in [-0.15, -0.1) is 0 Å². The number of carbonyl (C=O) groups excluding carboxylic acids is 1. The zero-order chi connectivity index (χ0) is 20.1. The quantitative estimate of drug-likeness (QED) is 0.592. The smallest absolute Gasteiger partial charge is 0.222 e. The van der Waals surface area contributed by atoms with Crippen molar-refractivity contribution in [2.75, 3.05) is 39.3 Å². The largest absolute Gasteiger partial charge is 0.357 e. The molecule has 0 spiro atoms. The van der Waals surface area contributed by atoms with Crippen LogP contribution in [0.5, 0.6) is 0 Å². The maximum absolute atomic E-state index is 11.9. The van der Waals surface area contributed by atoms with Gasteiger partial charge in [0.15, 0.2) is 5.96 Å². The number of rotatable bonds is 6. The number of benzene rings is 1. The van der Waals surface area contributed by atoms with Gasteiger partial charge in [0.2, 0.25) is 5.91 Å². The fourth-order valence-electron chi connectivity index (χ4n) is 4.85. The number of aliphatic imine (C=N–C) groups is 1. The summed E-state index contributed by atoms with van der Waals surface area (Å²) in [6.07, 6.45) is 5.63. The first kappa shape index (κ1) is 20.2. The van der Waals surface area contributed by atoms with Crippen molar-refractivity contribution in [2.24, 2.45) is 4.99 Å². The van der Waals surface area contributed by atoms with E-state index < -0.39 is 0 Å². The van der Waals surface area contributed by atoms with Gasteiger partial charge in [0.05, 0.1) is 6.54 Å². The van der Waals surface area contributed by atoms with Crippen molar-refractivity contribution in [3.05, 3.63) is 35.4 Å². The molecular weight excluding hydrogens is 362 g/mol. The Bertz CT molecular complexity index is 728. The maximum Gasteiger partial charge on any atom is 0.222 e. The van der Waals surface area contributed by atoms with E-state index in [-0.39, 0.29) is 5.91 Å². The molecule has 3 heterocycles. The van der Waals surface area contributed by atoms with E-state index >= 15 is 0 Å². The van der Waals surface area contributed by atoms with E-state index in [1.54, 1.807) is 0 Å². The minimum Gasteiger partial charge on any atom is -0.357 e. The molecule has 3 saturated heterocycles. The summed E-state index contributed by atoms with van der Waals surface area (Å²) >= 11 is 0. The molecule has 0 aliphatic carbocycles. The van der Waals surface area contributed by atoms with Crippen LogP contribution in [-0.2, 0) is 17.9 Å². The fraction of sp³-hybridized carbons (Fsp3) is 0.652. The Morgan fingerprint density at radius 1 is 1.14 bits per heavy atom. The van der Waals surface area contributed by atoms with Gasteiger partial charge in [0.1, 0.15) is 0 Å². The van der Waals surface area contributed by atoms with E-state index in [1.165, 1.54) is 43.5 Å². The highest BCUT2D eigenvalue weighted by Gasteiger charge is 2.30. The Balaban J connectivity index is 1.37. The SMILES string of the molecule is CCNC(=NCc1cccc(CN2CCCC2=O)c1)N1CCC(N2CCCC2)C1. The maximum atomic E-state index is 11.9. The monoisotopic (exact) mass is 397 g/mol. The zero-order valence-electron chi connectivity index (χ0n) is 17.8. The molecule has 3 aliphatic rings. The van der Waals surface area contributed by atoms with Crippen molar-refractivity contribution in [1.82, 2.24) is 20.0 Å². The molecule has 29 heavy (non-hydrogen) atoms. The Hall–Kier alpha value is -2.08. The number of hydrogen-bond donors (Lipinski definition) is 1. The van der Waals surface area contributed by atoms with Crippen LogP contribution in [0, 0.1) is 0 Å². The van der Waals surface area contributed by atoms with E-state index in [9.17, 15) is 4.79 Å². The van der Waals surface area contributed by atoms with Gasteiger partial charge < -0.3 is 15.1 Å². The highest BCUT2D eigenvalue weighted by molar-refractivity contribution is 5.80. The first-order valence-electron chi connectivity index (χ1n) is 11.4. The lowest BCUT2D eigenvalue weighted by Crippen LogP contribution is -2.42. The van der Waals surface area contributed by atoms with Gasteiger partial charge in [-0.1, -0.05) is 24.3 Å². The van der Waals surface area contributed by atoms with Crippen LogP contribution in [0.3, 0.4) is 0 Å². The van der Waals surface area contributed by atoms with Crippen LogP contribution < -0.4 is 5.32 Å². The minimum atomic E-state index is 0.282. The van der Waals surface area contributed by atoms with Crippen LogP contribution in [0.1, 0.15) is 50.2 Å². The standard InChI is InChI=1S/C23H35N5O/c1-2-24-23(28-14-10-21(18-28)26-11-3-4-12-26)25-16-19-7-5-8-20(15-19)17-27-13-6-9-22(27)29/h5,7-8,15,21H,2-4,6,9-14,16-18H2,1H3,(H,24,25). The molecule has 1 amide bonds. The third-order valence-corrected chi connectivity index (χ3v) is 6.40. The van der Waals surface area contributed by atoms with Gasteiger partial charge in [-0.3, -0.25) is 9.69 Å². The number of likely N-dealkylation sites (tertiary alicyclic amines) is 3. The normalized spacial score (nSPS) is 23.4. The van der Waals surface area contributed by atoms with Crippen molar-refractivity contribution < 1.29 is 4.79 Å². The molecule has 1 N–H and O–H groups in total. The van der Waals surface area contributed by atoms with E-state index in [1.807, 2.05) is 4.90 Å². The molecule has 0 aromatic heterocycles. The molecule has 1 atom stereocenters. The Kier molecular flexibility index (Phi) is 6.70. The van der Waals surface area contributed by atoms with Gasteiger partial charge >= 0.3 is 0 Å². The second-order valence-corrected chi connectivity index (χ2v) is 8.54. The Morgan fingerprint density at radius 2 is 1.97 bits per heavy atom. The second-order valence-electron chi connectivity index (χ2n) is 8.54. The summed E-state index contributed by atoms with van der Waals surface area (Å²) < 4.78 is 0. The van der Waals surface area contributed by atoms with Crippen LogP contribution in [0.2, 0.25) is 0 Å². The summed E-state index contributed by atoms with van der Waals surface area (Å²) in [7, 11) is 0. The lowest BCUT2D eigenvalue weighted by molar-refractivity contribution is -0.128. The number of nitrogens with one attached hydrogen (secondary N) is 1. The molecule has 3 fully saturated rings. The topological polar surface area (TPSA) is 51.2 Å². The van der Waals surface area contributed by atoms with E-state index in [4.69, 9.17) is 4.99 Å². The molecular formula is C23H35N5O. The first-order valence-corrected chi connectivity index (χ1v) is 11.4. The van der Waals surface area contributed by atoms with E-state index in [0.717, 1.165) is 45.1 Å². The number of hydrogen-bond acceptors (Lipinski definition) is 3. The third kappa shape index (κ3) is 5.10. The molecule has 0 saturated carbocycles. The van der Waals surface area contributed by atoms with Crippen LogP contribution in [0.25, 0.3) is 0 Å². The van der Waals surface area contributed by atoms with Gasteiger partial charge in [-0.05, 0) is 56.8 Å². The van der Waals surface area contributed by atoms with E-state index in [0.29, 0.717) is 19.0 Å². The highest BCUT2D eigenvalue weighted by Crippen LogP contribution is 2.21. The molecule has 6 heteroatoms. The number of amides is 1. The Morgan fingerprint density at radius 3 is 2.72 bits per heavy atom. The summed E-state index contributed by atoms with van der Waals surface area (Å²) in [4.78, 5) is 23.9. The number of guanidine groups is 1. The molecule has 0 bridgehead atoms. The van der Waals surface area contributed by atoms with Crippen molar-refractivity contribution in [1.29, 1.82) is 0 Å². The lowest BCUT2D eigenvalue weighted by atomic mass is 10.1. The average molecular weight is 398 g/mol. The number of nitrogens with zero attached hydrogens (tertiary/aromatic N) is 4. The van der Waals surface area contributed by atoms with Gasteiger partial charge in [-0.25, -0.2) is 4.99 Å². The molecule has 4 rings (SSSR count). The van der Waals surface area contributed by atoms with Gasteiger partial charge in [-0.2, -0.15) is 0 Å². The molecule has 0 radical (unpaired) electrons. The first-order chi connectivity index (χ1) is 14.2. The summed E-state index contributed by atoms with van der Waals surface area (Å²) in [5, 5.41) is 3.49. The van der Waals surface area contributed by atoms with Crippen LogP contribution in [0.15, 0.2) is 29.3 Å².